The number of hydrogen-bond acceptors (Lipinski definition) is 10. The van der Waals surface area contributed by atoms with Gasteiger partial charge in [-0.25, -0.2) is 0 Å². The van der Waals surface area contributed by atoms with E-state index in [1.807, 2.05) is 0 Å². The molecule has 17 heteroatoms. The number of nitro benzene ring substituents is 2. The second-order valence-electron chi connectivity index (χ2n) is 7.82. The van der Waals surface area contributed by atoms with Crippen molar-refractivity contribution in [2.45, 2.75) is 13.1 Å². The predicted octanol–water partition coefficient (Wildman–Crippen LogP) is 1.79. The van der Waals surface area contributed by atoms with Crippen LogP contribution in [0.3, 0.4) is 0 Å². The van der Waals surface area contributed by atoms with Crippen LogP contribution in [-0.2, 0) is 32.3 Å². The van der Waals surface area contributed by atoms with E-state index in [2.05, 4.69) is 0 Å². The molecule has 0 fully saturated rings. The lowest BCUT2D eigenvalue weighted by molar-refractivity contribution is -0.385. The molecule has 210 valence electrons. The summed E-state index contributed by atoms with van der Waals surface area (Å²) in [5.41, 5.74) is 0.278. The van der Waals surface area contributed by atoms with Gasteiger partial charge in [-0.3, -0.25) is 49.2 Å². The molecule has 0 atom stereocenters. The minimum absolute atomic E-state index is 0.0142. The lowest BCUT2D eigenvalue weighted by atomic mass is 10.1. The van der Waals surface area contributed by atoms with Crippen LogP contribution in [-0.4, -0.2) is 90.1 Å². The number of carboxylic acid groups (broad SMARTS) is 4. The maximum atomic E-state index is 10.9. The van der Waals surface area contributed by atoms with Gasteiger partial charge < -0.3 is 20.4 Å². The first-order valence-corrected chi connectivity index (χ1v) is 11.0. The molecule has 39 heavy (non-hydrogen) atoms. The van der Waals surface area contributed by atoms with Crippen molar-refractivity contribution in [2.75, 3.05) is 26.2 Å². The fourth-order valence-electron chi connectivity index (χ4n) is 3.21. The number of halogens is 1. The Balaban J connectivity index is 0.000000391. The van der Waals surface area contributed by atoms with Gasteiger partial charge in [-0.1, -0.05) is 23.7 Å². The zero-order valence-corrected chi connectivity index (χ0v) is 20.8. The molecule has 0 heterocycles. The van der Waals surface area contributed by atoms with Gasteiger partial charge in [-0.15, -0.1) is 0 Å². The molecular formula is C22H23ClN4O12. The Morgan fingerprint density at radius 3 is 1.64 bits per heavy atom. The Hall–Kier alpha value is -4.67. The van der Waals surface area contributed by atoms with Gasteiger partial charge in [-0.2, -0.15) is 0 Å². The van der Waals surface area contributed by atoms with Crippen molar-refractivity contribution < 1.29 is 49.5 Å². The average molecular weight is 571 g/mol. The number of rotatable bonds is 14. The molecule has 0 aliphatic rings. The fourth-order valence-corrected chi connectivity index (χ4v) is 3.38. The first-order valence-electron chi connectivity index (χ1n) is 10.7. The van der Waals surface area contributed by atoms with E-state index in [1.54, 1.807) is 6.07 Å². The summed E-state index contributed by atoms with van der Waals surface area (Å²) >= 11 is 5.66. The second-order valence-corrected chi connectivity index (χ2v) is 8.26. The van der Waals surface area contributed by atoms with Gasteiger partial charge >= 0.3 is 23.9 Å². The highest BCUT2D eigenvalue weighted by atomic mass is 35.5. The van der Waals surface area contributed by atoms with Gasteiger partial charge in [0.2, 0.25) is 0 Å². The highest BCUT2D eigenvalue weighted by Gasteiger charge is 2.20. The second kappa shape index (κ2) is 15.6. The van der Waals surface area contributed by atoms with Crippen molar-refractivity contribution in [1.29, 1.82) is 0 Å². The summed E-state index contributed by atoms with van der Waals surface area (Å²) in [5.74, 6) is -4.76. The van der Waals surface area contributed by atoms with E-state index in [1.165, 1.54) is 35.2 Å². The van der Waals surface area contributed by atoms with Gasteiger partial charge in [0, 0.05) is 41.9 Å². The van der Waals surface area contributed by atoms with Crippen molar-refractivity contribution in [3.05, 3.63) is 78.8 Å². The third-order valence-electron chi connectivity index (χ3n) is 4.60. The van der Waals surface area contributed by atoms with Gasteiger partial charge in [0.05, 0.1) is 36.0 Å². The van der Waals surface area contributed by atoms with E-state index < -0.39 is 59.9 Å². The molecule has 2 rings (SSSR count). The topological polar surface area (TPSA) is 242 Å². The van der Waals surface area contributed by atoms with Gasteiger partial charge in [0.15, 0.2) is 0 Å². The summed E-state index contributed by atoms with van der Waals surface area (Å²) in [6.07, 6.45) is 0. The molecule has 0 aliphatic carbocycles. The van der Waals surface area contributed by atoms with Crippen LogP contribution in [0.2, 0.25) is 5.02 Å². The SMILES string of the molecule is O=C(O)CN(CC(=O)O)Cc1ccc(Cl)cc1[N+](=O)[O-].O=C(O)CN(CC(=O)O)Cc1cccc([N+](=O)[O-])c1. The number of carboxylic acids is 4. The van der Waals surface area contributed by atoms with Crippen LogP contribution in [0.5, 0.6) is 0 Å². The zero-order chi connectivity index (χ0) is 29.7. The Morgan fingerprint density at radius 1 is 0.718 bits per heavy atom. The van der Waals surface area contributed by atoms with Crippen molar-refractivity contribution >= 4 is 46.9 Å². The van der Waals surface area contributed by atoms with E-state index in [0.29, 0.717) is 5.56 Å². The van der Waals surface area contributed by atoms with Gasteiger partial charge in [0.1, 0.15) is 0 Å². The number of nitro groups is 2. The van der Waals surface area contributed by atoms with E-state index >= 15 is 0 Å². The van der Waals surface area contributed by atoms with Crippen molar-refractivity contribution in [1.82, 2.24) is 9.80 Å². The van der Waals surface area contributed by atoms with Crippen molar-refractivity contribution in [2.24, 2.45) is 0 Å². The molecule has 0 amide bonds. The number of non-ortho nitro benzene ring substituents is 1. The summed E-state index contributed by atoms with van der Waals surface area (Å²) in [7, 11) is 0. The largest absolute Gasteiger partial charge is 0.480 e. The van der Waals surface area contributed by atoms with E-state index in [0.717, 1.165) is 11.0 Å². The molecule has 0 radical (unpaired) electrons. The first kappa shape index (κ1) is 32.4. The third kappa shape index (κ3) is 12.9. The number of hydrogen-bond donors (Lipinski definition) is 4. The molecule has 0 bridgehead atoms. The number of benzene rings is 2. The molecule has 2 aromatic rings. The standard InChI is InChI=1S/C11H11ClN2O6.C11H12N2O6/c12-8-2-1-7(9(3-8)14(19)20)4-13(5-10(15)16)6-11(17)18;14-10(15)6-12(7-11(16)17)5-8-2-1-3-9(4-8)13(18)19/h1-3H,4-6H2,(H,15,16)(H,17,18);1-4H,5-7H2,(H,14,15)(H,16,17). The van der Waals surface area contributed by atoms with E-state index in [4.69, 9.17) is 32.0 Å². The van der Waals surface area contributed by atoms with Crippen LogP contribution in [0.4, 0.5) is 11.4 Å². The molecule has 0 spiro atoms. The molecule has 0 saturated heterocycles. The number of carbonyl (C=O) groups is 4. The normalized spacial score (nSPS) is 10.4. The minimum Gasteiger partial charge on any atom is -0.480 e. The van der Waals surface area contributed by atoms with Crippen molar-refractivity contribution in [3.63, 3.8) is 0 Å². The van der Waals surface area contributed by atoms with E-state index in [-0.39, 0.29) is 35.1 Å². The maximum Gasteiger partial charge on any atom is 0.317 e. The monoisotopic (exact) mass is 570 g/mol. The third-order valence-corrected chi connectivity index (χ3v) is 4.84. The summed E-state index contributed by atoms with van der Waals surface area (Å²) in [6.45, 7) is -2.13. The quantitative estimate of drug-likeness (QED) is 0.187. The molecule has 16 nitrogen and oxygen atoms in total. The highest BCUT2D eigenvalue weighted by molar-refractivity contribution is 6.30. The maximum absolute atomic E-state index is 10.9. The Bertz CT molecular complexity index is 1210. The lowest BCUT2D eigenvalue weighted by Crippen LogP contribution is -2.34. The average Bonchev–Trinajstić information content (AvgIpc) is 2.79. The molecule has 0 unspecified atom stereocenters. The fraction of sp³-hybridized carbons (Fsp3) is 0.273. The smallest absolute Gasteiger partial charge is 0.317 e. The Kier molecular flexibility index (Phi) is 12.9. The molecule has 2 aromatic carbocycles. The van der Waals surface area contributed by atoms with Crippen LogP contribution < -0.4 is 0 Å². The highest BCUT2D eigenvalue weighted by Crippen LogP contribution is 2.24. The summed E-state index contributed by atoms with van der Waals surface area (Å²) < 4.78 is 0. The lowest BCUT2D eigenvalue weighted by Gasteiger charge is -2.17. The van der Waals surface area contributed by atoms with Gasteiger partial charge in [0.25, 0.3) is 11.4 Å². The Morgan fingerprint density at radius 2 is 1.21 bits per heavy atom. The predicted molar refractivity (Wildman–Crippen MR) is 132 cm³/mol. The van der Waals surface area contributed by atoms with Crippen molar-refractivity contribution in [3.8, 4) is 0 Å². The first-order chi connectivity index (χ1) is 18.2. The zero-order valence-electron chi connectivity index (χ0n) is 20.0. The van der Waals surface area contributed by atoms with Crippen LogP contribution in [0.25, 0.3) is 0 Å². The molecule has 0 aliphatic heterocycles. The van der Waals surface area contributed by atoms with Crippen LogP contribution >= 0.6 is 11.6 Å². The summed E-state index contributed by atoms with van der Waals surface area (Å²) in [4.78, 5) is 65.1. The van der Waals surface area contributed by atoms with Crippen LogP contribution in [0, 0.1) is 20.2 Å². The minimum atomic E-state index is -1.22. The number of nitrogens with zero attached hydrogens (tertiary/aromatic N) is 4. The van der Waals surface area contributed by atoms with Gasteiger partial charge in [-0.05, 0) is 17.7 Å². The summed E-state index contributed by atoms with van der Waals surface area (Å²) in [6, 6.07) is 9.56. The molecule has 0 aromatic heterocycles. The Labute approximate surface area is 224 Å². The van der Waals surface area contributed by atoms with E-state index in [9.17, 15) is 39.4 Å². The summed E-state index contributed by atoms with van der Waals surface area (Å²) in [5, 5.41) is 56.4. The molecule has 0 saturated carbocycles. The number of aliphatic carboxylic acids is 4. The van der Waals surface area contributed by atoms with Crippen LogP contribution in [0.1, 0.15) is 11.1 Å². The molecule has 4 N–H and O–H groups in total. The molecular weight excluding hydrogens is 548 g/mol. The van der Waals surface area contributed by atoms with Crippen LogP contribution in [0.15, 0.2) is 42.5 Å².